The second-order valence-electron chi connectivity index (χ2n) is 3.60. The van der Waals surface area contributed by atoms with E-state index in [0.717, 1.165) is 18.4 Å². The van der Waals surface area contributed by atoms with Crippen molar-refractivity contribution in [2.45, 2.75) is 25.4 Å². The molecule has 1 aliphatic carbocycles. The van der Waals surface area contributed by atoms with Crippen LogP contribution in [-0.4, -0.2) is 10.7 Å². The minimum Gasteiger partial charge on any atom is -0.378 e. The molecule has 1 aromatic carbocycles. The third-order valence-electron chi connectivity index (χ3n) is 2.30. The number of aliphatic hydroxyl groups is 1. The van der Waals surface area contributed by atoms with E-state index in [1.807, 2.05) is 31.2 Å². The summed E-state index contributed by atoms with van der Waals surface area (Å²) in [7, 11) is 0. The van der Waals surface area contributed by atoms with Crippen molar-refractivity contribution < 1.29 is 5.11 Å². The maximum absolute atomic E-state index is 9.51. The first kappa shape index (κ1) is 8.34. The van der Waals surface area contributed by atoms with Crippen LogP contribution in [0.25, 0.3) is 0 Å². The average molecular weight is 172 g/mol. The summed E-state index contributed by atoms with van der Waals surface area (Å²) in [4.78, 5) is 0. The summed E-state index contributed by atoms with van der Waals surface area (Å²) >= 11 is 0. The average Bonchev–Trinajstić information content (AvgIpc) is 2.83. The van der Waals surface area contributed by atoms with E-state index in [9.17, 15) is 5.11 Å². The van der Waals surface area contributed by atoms with E-state index in [-0.39, 0.29) is 0 Å². The Labute approximate surface area is 78.4 Å². The highest BCUT2D eigenvalue weighted by molar-refractivity contribution is 5.42. The minimum absolute atomic E-state index is 0.664. The molecule has 0 saturated heterocycles. The third-order valence-corrected chi connectivity index (χ3v) is 2.30. The van der Waals surface area contributed by atoms with Crippen molar-refractivity contribution in [3.05, 3.63) is 35.4 Å². The molecular formula is C12H12O. The van der Waals surface area contributed by atoms with Crippen LogP contribution in [-0.2, 0) is 0 Å². The molecule has 0 aliphatic heterocycles. The number of hydrogen-bond donors (Lipinski definition) is 1. The fraction of sp³-hybridized carbons (Fsp3) is 0.333. The summed E-state index contributed by atoms with van der Waals surface area (Å²) in [5, 5.41) is 9.51. The molecule has 0 unspecified atom stereocenters. The van der Waals surface area contributed by atoms with Crippen molar-refractivity contribution in [1.82, 2.24) is 0 Å². The molecule has 0 amide bonds. The first-order valence-corrected chi connectivity index (χ1v) is 4.51. The molecule has 1 aliphatic rings. The number of rotatable bonds is 0. The topological polar surface area (TPSA) is 20.2 Å². The lowest BCUT2D eigenvalue weighted by molar-refractivity contribution is 0.212. The Morgan fingerprint density at radius 3 is 2.62 bits per heavy atom. The number of benzene rings is 1. The molecular weight excluding hydrogens is 160 g/mol. The quantitative estimate of drug-likeness (QED) is 0.592. The smallest absolute Gasteiger partial charge is 0.126 e. The van der Waals surface area contributed by atoms with E-state index in [0.29, 0.717) is 0 Å². The maximum Gasteiger partial charge on any atom is 0.126 e. The van der Waals surface area contributed by atoms with Gasteiger partial charge >= 0.3 is 0 Å². The van der Waals surface area contributed by atoms with E-state index in [2.05, 4.69) is 11.8 Å². The molecule has 0 heterocycles. The van der Waals surface area contributed by atoms with Gasteiger partial charge in [0.05, 0.1) is 0 Å². The molecule has 2 rings (SSSR count). The normalized spacial score (nSPS) is 17.4. The van der Waals surface area contributed by atoms with Crippen LogP contribution in [0.1, 0.15) is 24.0 Å². The van der Waals surface area contributed by atoms with Crippen LogP contribution in [0.4, 0.5) is 0 Å². The van der Waals surface area contributed by atoms with Gasteiger partial charge in [-0.3, -0.25) is 0 Å². The lowest BCUT2D eigenvalue weighted by Gasteiger charge is -1.96. The van der Waals surface area contributed by atoms with E-state index in [1.54, 1.807) is 0 Å². The standard InChI is InChI=1S/C12H12O/c1-10-4-2-3-5-11(10)6-7-12(13)8-9-12/h2-5,13H,8-9H2,1H3. The van der Waals surface area contributed by atoms with Crippen molar-refractivity contribution in [3.8, 4) is 11.8 Å². The predicted molar refractivity (Wildman–Crippen MR) is 52.2 cm³/mol. The maximum atomic E-state index is 9.51. The summed E-state index contributed by atoms with van der Waals surface area (Å²) in [5.41, 5.74) is 1.52. The second-order valence-corrected chi connectivity index (χ2v) is 3.60. The molecule has 0 radical (unpaired) electrons. The molecule has 66 valence electrons. The fourth-order valence-electron chi connectivity index (χ4n) is 1.14. The summed E-state index contributed by atoms with van der Waals surface area (Å²) in [6, 6.07) is 7.97. The van der Waals surface area contributed by atoms with Crippen LogP contribution < -0.4 is 0 Å². The van der Waals surface area contributed by atoms with Crippen LogP contribution in [0.3, 0.4) is 0 Å². The zero-order valence-corrected chi connectivity index (χ0v) is 7.67. The Morgan fingerprint density at radius 2 is 2.00 bits per heavy atom. The first-order chi connectivity index (χ1) is 6.20. The van der Waals surface area contributed by atoms with Gasteiger partial charge in [-0.2, -0.15) is 0 Å². The van der Waals surface area contributed by atoms with Crippen LogP contribution in [0.5, 0.6) is 0 Å². The molecule has 0 atom stereocenters. The molecule has 1 aromatic rings. The number of aryl methyl sites for hydroxylation is 1. The molecule has 1 fully saturated rings. The third kappa shape index (κ3) is 1.91. The van der Waals surface area contributed by atoms with Crippen molar-refractivity contribution >= 4 is 0 Å². The lowest BCUT2D eigenvalue weighted by Crippen LogP contribution is -2.00. The Kier molecular flexibility index (Phi) is 1.86. The summed E-state index contributed by atoms with van der Waals surface area (Å²) in [5.74, 6) is 5.91. The van der Waals surface area contributed by atoms with Crippen LogP contribution in [0.15, 0.2) is 24.3 Å². The van der Waals surface area contributed by atoms with Gasteiger partial charge < -0.3 is 5.11 Å². The van der Waals surface area contributed by atoms with Gasteiger partial charge in [-0.05, 0) is 31.4 Å². The zero-order valence-electron chi connectivity index (χ0n) is 7.67. The van der Waals surface area contributed by atoms with Gasteiger partial charge in [0.2, 0.25) is 0 Å². The Bertz CT molecular complexity index is 378. The van der Waals surface area contributed by atoms with Gasteiger partial charge in [0.15, 0.2) is 0 Å². The van der Waals surface area contributed by atoms with Gasteiger partial charge in [-0.25, -0.2) is 0 Å². The van der Waals surface area contributed by atoms with E-state index in [1.165, 1.54) is 5.56 Å². The van der Waals surface area contributed by atoms with Gasteiger partial charge in [0.25, 0.3) is 0 Å². The van der Waals surface area contributed by atoms with Gasteiger partial charge in [0.1, 0.15) is 5.60 Å². The molecule has 1 N–H and O–H groups in total. The van der Waals surface area contributed by atoms with Crippen molar-refractivity contribution in [1.29, 1.82) is 0 Å². The second kappa shape index (κ2) is 2.90. The van der Waals surface area contributed by atoms with E-state index in [4.69, 9.17) is 0 Å². The first-order valence-electron chi connectivity index (χ1n) is 4.51. The molecule has 0 spiro atoms. The van der Waals surface area contributed by atoms with Gasteiger partial charge in [0, 0.05) is 5.56 Å². The Balaban J connectivity index is 2.25. The Morgan fingerprint density at radius 1 is 1.31 bits per heavy atom. The van der Waals surface area contributed by atoms with E-state index < -0.39 is 5.60 Å². The van der Waals surface area contributed by atoms with Crippen molar-refractivity contribution in [3.63, 3.8) is 0 Å². The fourth-order valence-corrected chi connectivity index (χ4v) is 1.14. The monoisotopic (exact) mass is 172 g/mol. The summed E-state index contributed by atoms with van der Waals surface area (Å²) in [6.07, 6.45) is 1.65. The SMILES string of the molecule is Cc1ccccc1C#CC1(O)CC1. The van der Waals surface area contributed by atoms with Gasteiger partial charge in [-0.15, -0.1) is 0 Å². The predicted octanol–water partition coefficient (Wildman–Crippen LogP) is 1.87. The van der Waals surface area contributed by atoms with E-state index >= 15 is 0 Å². The largest absolute Gasteiger partial charge is 0.378 e. The molecule has 1 heteroatoms. The Hall–Kier alpha value is -1.26. The van der Waals surface area contributed by atoms with Crippen LogP contribution >= 0.6 is 0 Å². The summed E-state index contributed by atoms with van der Waals surface area (Å²) in [6.45, 7) is 2.03. The molecule has 13 heavy (non-hydrogen) atoms. The molecule has 1 saturated carbocycles. The zero-order chi connectivity index (χ0) is 9.31. The van der Waals surface area contributed by atoms with Crippen molar-refractivity contribution in [2.24, 2.45) is 0 Å². The molecule has 0 bridgehead atoms. The number of hydrogen-bond acceptors (Lipinski definition) is 1. The molecule has 1 nitrogen and oxygen atoms in total. The highest BCUT2D eigenvalue weighted by Crippen LogP contribution is 2.33. The van der Waals surface area contributed by atoms with Crippen LogP contribution in [0, 0.1) is 18.8 Å². The minimum atomic E-state index is -0.664. The lowest BCUT2D eigenvalue weighted by atomic mass is 10.1. The highest BCUT2D eigenvalue weighted by atomic mass is 16.3. The van der Waals surface area contributed by atoms with Crippen LogP contribution in [0.2, 0.25) is 0 Å². The van der Waals surface area contributed by atoms with Gasteiger partial charge in [-0.1, -0.05) is 30.0 Å². The summed E-state index contributed by atoms with van der Waals surface area (Å²) < 4.78 is 0. The van der Waals surface area contributed by atoms with Crippen molar-refractivity contribution in [2.75, 3.05) is 0 Å². The highest BCUT2D eigenvalue weighted by Gasteiger charge is 2.38. The molecule has 0 aromatic heterocycles.